The van der Waals surface area contributed by atoms with Crippen LogP contribution in [0.2, 0.25) is 0 Å². The quantitative estimate of drug-likeness (QED) is 0.306. The maximum Gasteiger partial charge on any atom is 0.250 e. The van der Waals surface area contributed by atoms with E-state index in [1.54, 1.807) is 6.20 Å². The van der Waals surface area contributed by atoms with Gasteiger partial charge in [-0.3, -0.25) is 4.57 Å². The van der Waals surface area contributed by atoms with Gasteiger partial charge < -0.3 is 18.7 Å². The van der Waals surface area contributed by atoms with Crippen molar-refractivity contribution >= 4 is 16.9 Å². The van der Waals surface area contributed by atoms with Crippen molar-refractivity contribution in [2.75, 3.05) is 0 Å². The molecule has 0 radical (unpaired) electrons. The number of para-hydroxylation sites is 2. The zero-order chi connectivity index (χ0) is 21.7. The predicted molar refractivity (Wildman–Crippen MR) is 121 cm³/mol. The Morgan fingerprint density at radius 3 is 2.84 bits per heavy atom. The molecule has 1 aliphatic heterocycles. The van der Waals surface area contributed by atoms with Gasteiger partial charge in [-0.2, -0.15) is 0 Å². The number of ether oxygens (including phenoxy) is 1. The molecule has 3 aromatic carbocycles. The fourth-order valence-electron chi connectivity index (χ4n) is 4.38. The lowest BCUT2D eigenvalue weighted by atomic mass is 10.0. The highest BCUT2D eigenvalue weighted by Crippen LogP contribution is 2.36. The molecule has 0 unspecified atom stereocenters. The number of hydrogen-bond donors (Lipinski definition) is 0. The first-order valence-electron chi connectivity index (χ1n) is 10.4. The van der Waals surface area contributed by atoms with Gasteiger partial charge in [0, 0.05) is 12.0 Å². The lowest BCUT2D eigenvalue weighted by Crippen LogP contribution is -2.26. The van der Waals surface area contributed by atoms with Gasteiger partial charge in [0.1, 0.15) is 11.5 Å². The Labute approximate surface area is 185 Å². The number of aromatic nitrogens is 4. The van der Waals surface area contributed by atoms with Crippen LogP contribution in [0.3, 0.4) is 0 Å². The van der Waals surface area contributed by atoms with Crippen molar-refractivity contribution in [1.82, 2.24) is 14.1 Å². The first-order valence-corrected chi connectivity index (χ1v) is 10.4. The van der Waals surface area contributed by atoms with E-state index in [9.17, 15) is 0 Å². The summed E-state index contributed by atoms with van der Waals surface area (Å²) in [5.74, 6) is 2.90. The third kappa shape index (κ3) is 2.87. The Balaban J connectivity index is 1.36. The first-order chi connectivity index (χ1) is 15.7. The summed E-state index contributed by atoms with van der Waals surface area (Å²) in [5.41, 5.74) is 5.43. The standard InChI is InChI=1S/C26H19N5O/c1-27-25-16-28-26-22-15-21(11-10-18(22)12-13-30(25)26)32-20-7-5-6-19(14-20)31-17-29(2)23-8-3-4-9-24(23)31/h3-11,14-16H,12-13H2,2H3. The zero-order valence-corrected chi connectivity index (χ0v) is 17.5. The first kappa shape index (κ1) is 18.4. The Kier molecular flexibility index (Phi) is 4.08. The van der Waals surface area contributed by atoms with Crippen molar-refractivity contribution in [2.45, 2.75) is 13.0 Å². The van der Waals surface area contributed by atoms with Crippen LogP contribution in [0.4, 0.5) is 5.82 Å². The van der Waals surface area contributed by atoms with Crippen LogP contribution in [0.25, 0.3) is 33.0 Å². The van der Waals surface area contributed by atoms with Crippen LogP contribution in [-0.2, 0) is 20.0 Å². The molecule has 6 rings (SSSR count). The average molecular weight is 417 g/mol. The molecule has 0 spiro atoms. The molecule has 154 valence electrons. The Bertz CT molecular complexity index is 1540. The maximum absolute atomic E-state index is 7.35. The summed E-state index contributed by atoms with van der Waals surface area (Å²) >= 11 is 0. The van der Waals surface area contributed by atoms with Crippen LogP contribution in [0.5, 0.6) is 11.5 Å². The molecule has 0 saturated carbocycles. The second kappa shape index (κ2) is 7.10. The smallest absolute Gasteiger partial charge is 0.250 e. The monoisotopic (exact) mass is 417 g/mol. The highest BCUT2D eigenvalue weighted by Gasteiger charge is 2.23. The van der Waals surface area contributed by atoms with Crippen LogP contribution in [0.1, 0.15) is 5.56 Å². The van der Waals surface area contributed by atoms with Gasteiger partial charge in [-0.05, 0) is 29.8 Å². The van der Waals surface area contributed by atoms with Gasteiger partial charge in [0.15, 0.2) is 0 Å². The summed E-state index contributed by atoms with van der Waals surface area (Å²) in [6.07, 6.45) is 5.89. The molecule has 0 bridgehead atoms. The molecule has 6 heteroatoms. The number of imidazole rings is 2. The minimum absolute atomic E-state index is 0.577. The lowest BCUT2D eigenvalue weighted by Gasteiger charge is -2.17. The Hall–Kier alpha value is -4.37. The van der Waals surface area contributed by atoms with Gasteiger partial charge >= 0.3 is 0 Å². The van der Waals surface area contributed by atoms with Crippen molar-refractivity contribution in [3.63, 3.8) is 0 Å². The van der Waals surface area contributed by atoms with Crippen LogP contribution in [0, 0.1) is 12.9 Å². The molecule has 32 heavy (non-hydrogen) atoms. The second-order valence-corrected chi connectivity index (χ2v) is 7.85. The largest absolute Gasteiger partial charge is 0.458 e. The Morgan fingerprint density at radius 1 is 1.06 bits per heavy atom. The zero-order valence-electron chi connectivity index (χ0n) is 17.5. The van der Waals surface area contributed by atoms with Crippen molar-refractivity contribution in [1.29, 1.82) is 0 Å². The molecule has 6 nitrogen and oxygen atoms in total. The molecule has 1 aliphatic rings. The van der Waals surface area contributed by atoms with Gasteiger partial charge in [0.2, 0.25) is 18.0 Å². The third-order valence-electron chi connectivity index (χ3n) is 5.92. The molecule has 0 N–H and O–H groups in total. The highest BCUT2D eigenvalue weighted by molar-refractivity contribution is 5.74. The molecule has 0 saturated heterocycles. The van der Waals surface area contributed by atoms with E-state index in [4.69, 9.17) is 11.3 Å². The van der Waals surface area contributed by atoms with Gasteiger partial charge in [-0.15, -0.1) is 0 Å². The maximum atomic E-state index is 7.35. The van der Waals surface area contributed by atoms with Crippen LogP contribution in [-0.4, -0.2) is 14.1 Å². The number of fused-ring (bicyclic) bond motifs is 4. The van der Waals surface area contributed by atoms with Crippen LogP contribution < -0.4 is 9.30 Å². The molecular formula is C26H19N5O. The van der Waals surface area contributed by atoms with Gasteiger partial charge in [0.05, 0.1) is 36.5 Å². The normalized spacial score (nSPS) is 12.2. The van der Waals surface area contributed by atoms with Crippen molar-refractivity contribution in [3.05, 3.63) is 96.2 Å². The SMILES string of the molecule is [C-]#[N+]c1cnc2n1CCc1ccc(Oc3cccc(-n4[c-][n+](C)c5ccccc54)c3)cc1-2. The molecular weight excluding hydrogens is 398 g/mol. The van der Waals surface area contributed by atoms with E-state index < -0.39 is 0 Å². The summed E-state index contributed by atoms with van der Waals surface area (Å²) in [6.45, 7) is 8.13. The molecule has 3 heterocycles. The number of rotatable bonds is 3. The van der Waals surface area contributed by atoms with Crippen LogP contribution in [0.15, 0.2) is 72.9 Å². The summed E-state index contributed by atoms with van der Waals surface area (Å²) in [5, 5.41) is 0. The van der Waals surface area contributed by atoms with E-state index >= 15 is 0 Å². The van der Waals surface area contributed by atoms with Crippen molar-refractivity contribution in [3.8, 4) is 28.6 Å². The molecule has 0 fully saturated rings. The molecule has 0 amide bonds. The average Bonchev–Trinajstić information content (AvgIpc) is 3.41. The van der Waals surface area contributed by atoms with E-state index in [-0.39, 0.29) is 0 Å². The van der Waals surface area contributed by atoms with E-state index in [2.05, 4.69) is 34.4 Å². The minimum atomic E-state index is 0.577. The van der Waals surface area contributed by atoms with Gasteiger partial charge in [-0.25, -0.2) is 4.98 Å². The van der Waals surface area contributed by atoms with Crippen LogP contribution >= 0.6 is 0 Å². The molecule has 5 aromatic rings. The Morgan fingerprint density at radius 2 is 1.94 bits per heavy atom. The third-order valence-corrected chi connectivity index (χ3v) is 5.92. The number of hydrogen-bond acceptors (Lipinski definition) is 2. The molecule has 2 aromatic heterocycles. The summed E-state index contributed by atoms with van der Waals surface area (Å²) in [4.78, 5) is 8.07. The topological polar surface area (TPSA) is 40.2 Å². The van der Waals surface area contributed by atoms with E-state index in [0.717, 1.165) is 52.6 Å². The van der Waals surface area contributed by atoms with Gasteiger partial charge in [0.25, 0.3) is 0 Å². The lowest BCUT2D eigenvalue weighted by molar-refractivity contribution is -0.649. The second-order valence-electron chi connectivity index (χ2n) is 7.85. The molecule has 0 atom stereocenters. The van der Waals surface area contributed by atoms with E-state index in [0.29, 0.717) is 5.82 Å². The number of aryl methyl sites for hydroxylation is 2. The summed E-state index contributed by atoms with van der Waals surface area (Å²) < 4.78 is 12.3. The minimum Gasteiger partial charge on any atom is -0.458 e. The fraction of sp³-hybridized carbons (Fsp3) is 0.115. The van der Waals surface area contributed by atoms with Crippen molar-refractivity contribution in [2.24, 2.45) is 7.05 Å². The van der Waals surface area contributed by atoms with E-state index in [1.165, 1.54) is 5.56 Å². The highest BCUT2D eigenvalue weighted by atomic mass is 16.5. The predicted octanol–water partition coefficient (Wildman–Crippen LogP) is 5.02. The number of benzene rings is 3. The fourth-order valence-corrected chi connectivity index (χ4v) is 4.38. The van der Waals surface area contributed by atoms with Crippen molar-refractivity contribution < 1.29 is 9.30 Å². The number of nitrogens with zero attached hydrogens (tertiary/aromatic N) is 5. The molecule has 0 aliphatic carbocycles. The summed E-state index contributed by atoms with van der Waals surface area (Å²) in [6, 6.07) is 22.3. The summed E-state index contributed by atoms with van der Waals surface area (Å²) in [7, 11) is 2.00. The van der Waals surface area contributed by atoms with E-state index in [1.807, 2.05) is 69.3 Å². The van der Waals surface area contributed by atoms with Gasteiger partial charge in [-0.1, -0.05) is 49.0 Å².